The van der Waals surface area contributed by atoms with Crippen LogP contribution in [-0.4, -0.2) is 36.6 Å². The van der Waals surface area contributed by atoms with Gasteiger partial charge < -0.3 is 10.2 Å². The summed E-state index contributed by atoms with van der Waals surface area (Å²) in [7, 11) is 2.17. The van der Waals surface area contributed by atoms with Crippen LogP contribution in [0.25, 0.3) is 0 Å². The first kappa shape index (κ1) is 11.4. The lowest BCUT2D eigenvalue weighted by Crippen LogP contribution is -2.32. The van der Waals surface area contributed by atoms with Crippen LogP contribution in [0.2, 0.25) is 0 Å². The normalized spacial score (nSPS) is 18.2. The number of nitriles is 1. The first-order valence-corrected chi connectivity index (χ1v) is 6.38. The zero-order valence-corrected chi connectivity index (χ0v) is 10.3. The molecule has 1 aromatic rings. The second-order valence-corrected chi connectivity index (χ2v) is 5.30. The van der Waals surface area contributed by atoms with E-state index in [0.29, 0.717) is 4.88 Å². The van der Waals surface area contributed by atoms with E-state index in [4.69, 9.17) is 5.26 Å². The average molecular weight is 236 g/mol. The monoisotopic (exact) mass is 236 g/mol. The summed E-state index contributed by atoms with van der Waals surface area (Å²) < 4.78 is 0. The van der Waals surface area contributed by atoms with Crippen LogP contribution >= 0.6 is 11.3 Å². The number of likely N-dealkylation sites (tertiary alicyclic amines) is 1. The second-order valence-electron chi connectivity index (χ2n) is 4.27. The van der Waals surface area contributed by atoms with Gasteiger partial charge in [-0.05, 0) is 38.9 Å². The standard InChI is InChI=1S/C11H16N4S/c1-15-4-2-9(3-5-15)7-13-11-14-8-10(6-12)16-11/h8-9H,2-5,7H2,1H3,(H,13,14). The first-order valence-electron chi connectivity index (χ1n) is 5.56. The van der Waals surface area contributed by atoms with E-state index in [1.165, 1.54) is 37.3 Å². The van der Waals surface area contributed by atoms with E-state index in [9.17, 15) is 0 Å². The molecule has 2 rings (SSSR count). The van der Waals surface area contributed by atoms with Crippen molar-refractivity contribution < 1.29 is 0 Å². The number of thiazole rings is 1. The van der Waals surface area contributed by atoms with Gasteiger partial charge in [0.2, 0.25) is 0 Å². The highest BCUT2D eigenvalue weighted by atomic mass is 32.1. The van der Waals surface area contributed by atoms with Crippen molar-refractivity contribution in [1.29, 1.82) is 5.26 Å². The van der Waals surface area contributed by atoms with Crippen LogP contribution in [0.3, 0.4) is 0 Å². The molecule has 2 heterocycles. The van der Waals surface area contributed by atoms with E-state index in [1.54, 1.807) is 6.20 Å². The van der Waals surface area contributed by atoms with E-state index in [1.807, 2.05) is 0 Å². The van der Waals surface area contributed by atoms with Gasteiger partial charge in [-0.15, -0.1) is 0 Å². The molecule has 86 valence electrons. The number of anilines is 1. The molecular weight excluding hydrogens is 220 g/mol. The lowest BCUT2D eigenvalue weighted by atomic mass is 9.97. The fourth-order valence-electron chi connectivity index (χ4n) is 1.91. The number of hydrogen-bond donors (Lipinski definition) is 1. The zero-order chi connectivity index (χ0) is 11.4. The Labute approximate surface area is 99.9 Å². The third-order valence-corrected chi connectivity index (χ3v) is 3.86. The van der Waals surface area contributed by atoms with Crippen molar-refractivity contribution in [2.24, 2.45) is 5.92 Å². The Morgan fingerprint density at radius 2 is 2.38 bits per heavy atom. The van der Waals surface area contributed by atoms with E-state index < -0.39 is 0 Å². The second kappa shape index (κ2) is 5.28. The first-order chi connectivity index (χ1) is 7.78. The maximum atomic E-state index is 8.68. The Bertz CT molecular complexity index is 374. The van der Waals surface area contributed by atoms with Crippen molar-refractivity contribution in [3.05, 3.63) is 11.1 Å². The van der Waals surface area contributed by atoms with E-state index in [2.05, 4.69) is 28.3 Å². The Hall–Kier alpha value is -1.12. The van der Waals surface area contributed by atoms with Gasteiger partial charge in [0.1, 0.15) is 10.9 Å². The summed E-state index contributed by atoms with van der Waals surface area (Å²) in [6, 6.07) is 2.10. The topological polar surface area (TPSA) is 52.0 Å². The number of nitrogens with one attached hydrogen (secondary N) is 1. The minimum Gasteiger partial charge on any atom is -0.361 e. The molecule has 0 aliphatic carbocycles. The van der Waals surface area contributed by atoms with Gasteiger partial charge in [-0.25, -0.2) is 4.98 Å². The lowest BCUT2D eigenvalue weighted by Gasteiger charge is -2.28. The van der Waals surface area contributed by atoms with Gasteiger partial charge in [0.15, 0.2) is 5.13 Å². The maximum Gasteiger partial charge on any atom is 0.183 e. The smallest absolute Gasteiger partial charge is 0.183 e. The summed E-state index contributed by atoms with van der Waals surface area (Å²) in [5, 5.41) is 12.9. The van der Waals surface area contributed by atoms with Gasteiger partial charge in [0.05, 0.1) is 6.20 Å². The SMILES string of the molecule is CN1CCC(CNc2ncc(C#N)s2)CC1. The summed E-state index contributed by atoms with van der Waals surface area (Å²) in [6.07, 6.45) is 4.13. The molecule has 1 saturated heterocycles. The molecule has 0 radical (unpaired) electrons. The summed E-state index contributed by atoms with van der Waals surface area (Å²) in [4.78, 5) is 7.20. The van der Waals surface area contributed by atoms with Gasteiger partial charge in [0.25, 0.3) is 0 Å². The van der Waals surface area contributed by atoms with Gasteiger partial charge in [-0.3, -0.25) is 0 Å². The van der Waals surface area contributed by atoms with E-state index >= 15 is 0 Å². The maximum absolute atomic E-state index is 8.68. The predicted octanol–water partition coefficient (Wildman–Crippen LogP) is 1.77. The largest absolute Gasteiger partial charge is 0.361 e. The fraction of sp³-hybridized carbons (Fsp3) is 0.636. The Morgan fingerprint density at radius 1 is 1.62 bits per heavy atom. The summed E-state index contributed by atoms with van der Waals surface area (Å²) in [5.41, 5.74) is 0. The molecular formula is C11H16N4S. The molecule has 5 heteroatoms. The summed E-state index contributed by atoms with van der Waals surface area (Å²) in [5.74, 6) is 0.741. The highest BCUT2D eigenvalue weighted by Gasteiger charge is 2.16. The molecule has 0 bridgehead atoms. The minimum absolute atomic E-state index is 0.672. The van der Waals surface area contributed by atoms with Crippen LogP contribution < -0.4 is 5.32 Å². The number of aromatic nitrogens is 1. The Morgan fingerprint density at radius 3 is 3.00 bits per heavy atom. The van der Waals surface area contributed by atoms with Crippen LogP contribution in [-0.2, 0) is 0 Å². The van der Waals surface area contributed by atoms with Crippen molar-refractivity contribution in [2.45, 2.75) is 12.8 Å². The molecule has 1 N–H and O–H groups in total. The highest BCUT2D eigenvalue weighted by Crippen LogP contribution is 2.20. The van der Waals surface area contributed by atoms with Crippen molar-refractivity contribution in [2.75, 3.05) is 32.0 Å². The molecule has 1 fully saturated rings. The molecule has 1 aliphatic heterocycles. The van der Waals surface area contributed by atoms with Gasteiger partial charge in [-0.2, -0.15) is 5.26 Å². The zero-order valence-electron chi connectivity index (χ0n) is 9.44. The molecule has 0 spiro atoms. The molecule has 0 aromatic carbocycles. The molecule has 4 nitrogen and oxygen atoms in total. The van der Waals surface area contributed by atoms with Gasteiger partial charge >= 0.3 is 0 Å². The van der Waals surface area contributed by atoms with Crippen molar-refractivity contribution in [1.82, 2.24) is 9.88 Å². The molecule has 1 aliphatic rings. The average Bonchev–Trinajstić information content (AvgIpc) is 2.76. The van der Waals surface area contributed by atoms with Crippen molar-refractivity contribution >= 4 is 16.5 Å². The molecule has 0 amide bonds. The van der Waals surface area contributed by atoms with Gasteiger partial charge in [0, 0.05) is 6.54 Å². The number of hydrogen-bond acceptors (Lipinski definition) is 5. The van der Waals surface area contributed by atoms with Crippen LogP contribution in [0.15, 0.2) is 6.20 Å². The van der Waals surface area contributed by atoms with Crippen molar-refractivity contribution in [3.8, 4) is 6.07 Å². The molecule has 1 aromatic heterocycles. The minimum atomic E-state index is 0.672. The molecule has 0 unspecified atom stereocenters. The summed E-state index contributed by atoms with van der Waals surface area (Å²) in [6.45, 7) is 3.35. The molecule has 16 heavy (non-hydrogen) atoms. The predicted molar refractivity (Wildman–Crippen MR) is 65.5 cm³/mol. The lowest BCUT2D eigenvalue weighted by molar-refractivity contribution is 0.226. The molecule has 0 saturated carbocycles. The highest BCUT2D eigenvalue weighted by molar-refractivity contribution is 7.16. The Balaban J connectivity index is 1.77. The van der Waals surface area contributed by atoms with Gasteiger partial charge in [-0.1, -0.05) is 11.3 Å². The summed E-state index contributed by atoms with van der Waals surface area (Å²) >= 11 is 1.43. The van der Waals surface area contributed by atoms with Crippen LogP contribution in [0, 0.1) is 17.2 Å². The number of nitrogens with zero attached hydrogens (tertiary/aromatic N) is 3. The van der Waals surface area contributed by atoms with Crippen LogP contribution in [0.5, 0.6) is 0 Å². The van der Waals surface area contributed by atoms with E-state index in [-0.39, 0.29) is 0 Å². The third-order valence-electron chi connectivity index (χ3n) is 3.00. The number of piperidine rings is 1. The fourth-order valence-corrected chi connectivity index (χ4v) is 2.53. The quantitative estimate of drug-likeness (QED) is 0.869. The van der Waals surface area contributed by atoms with Crippen molar-refractivity contribution in [3.63, 3.8) is 0 Å². The third kappa shape index (κ3) is 2.94. The van der Waals surface area contributed by atoms with Crippen LogP contribution in [0.4, 0.5) is 5.13 Å². The van der Waals surface area contributed by atoms with E-state index in [0.717, 1.165) is 17.6 Å². The van der Waals surface area contributed by atoms with Crippen LogP contribution in [0.1, 0.15) is 17.7 Å². The Kier molecular flexibility index (Phi) is 3.75. The number of rotatable bonds is 3. The molecule has 0 atom stereocenters.